The highest BCUT2D eigenvalue weighted by atomic mass is 32.2. The van der Waals surface area contributed by atoms with Crippen LogP contribution in [0.25, 0.3) is 16.8 Å². The van der Waals surface area contributed by atoms with Crippen LogP contribution in [-0.4, -0.2) is 66.3 Å². The largest absolute Gasteiger partial charge is 0.493 e. The van der Waals surface area contributed by atoms with Crippen LogP contribution in [0.1, 0.15) is 61.6 Å². The second kappa shape index (κ2) is 15.9. The van der Waals surface area contributed by atoms with Crippen molar-refractivity contribution < 1.29 is 23.8 Å². The molecule has 0 fully saturated rings. The predicted octanol–water partition coefficient (Wildman–Crippen LogP) is 4.71. The molecule has 2 heterocycles. The van der Waals surface area contributed by atoms with Crippen molar-refractivity contribution in [1.29, 1.82) is 0 Å². The zero-order valence-corrected chi connectivity index (χ0v) is 28.7. The minimum Gasteiger partial charge on any atom is -0.493 e. The molecule has 0 saturated carbocycles. The van der Waals surface area contributed by atoms with Crippen molar-refractivity contribution in [2.24, 2.45) is 0 Å². The molecule has 2 aromatic carbocycles. The average Bonchev–Trinajstić information content (AvgIpc) is 3.38. The highest BCUT2D eigenvalue weighted by Gasteiger charge is 2.29. The molecule has 0 radical (unpaired) electrons. The highest BCUT2D eigenvalue weighted by Crippen LogP contribution is 2.50. The second-order valence-corrected chi connectivity index (χ2v) is 12.5. The number of aryl methyl sites for hydroxylation is 1. The number of nitrogens with zero attached hydrogens (tertiary/aromatic N) is 3. The molecule has 13 heteroatoms. The summed E-state index contributed by atoms with van der Waals surface area (Å²) in [6, 6.07) is 12.1. The summed E-state index contributed by atoms with van der Waals surface area (Å²) in [5.74, 6) is 2.73. The minimum atomic E-state index is -0.398. The fraction of sp³-hybridized carbons (Fsp3) is 0.400. The summed E-state index contributed by atoms with van der Waals surface area (Å²) in [6.07, 6.45) is 6.60. The molecule has 0 aliphatic heterocycles. The number of methoxy groups -OCH3 is 3. The van der Waals surface area contributed by atoms with Crippen molar-refractivity contribution in [3.63, 3.8) is 0 Å². The lowest BCUT2D eigenvalue weighted by Crippen LogP contribution is -2.30. The van der Waals surface area contributed by atoms with Crippen LogP contribution in [0.15, 0.2) is 53.5 Å². The lowest BCUT2D eigenvalue weighted by molar-refractivity contribution is -0.122. The van der Waals surface area contributed by atoms with E-state index in [0.717, 1.165) is 34.5 Å². The molecule has 2 amide bonds. The number of hydrogen-bond donors (Lipinski definition) is 3. The van der Waals surface area contributed by atoms with Crippen LogP contribution in [0.3, 0.4) is 0 Å². The van der Waals surface area contributed by atoms with Gasteiger partial charge in [-0.25, -0.2) is 0 Å². The van der Waals surface area contributed by atoms with Crippen molar-refractivity contribution in [1.82, 2.24) is 25.2 Å². The molecule has 12 nitrogen and oxygen atoms in total. The van der Waals surface area contributed by atoms with Gasteiger partial charge in [-0.05, 0) is 84.7 Å². The molecule has 254 valence electrons. The van der Waals surface area contributed by atoms with Crippen LogP contribution in [0.5, 0.6) is 17.2 Å². The van der Waals surface area contributed by atoms with Gasteiger partial charge in [0.15, 0.2) is 23.0 Å². The number of rotatable bonds is 14. The van der Waals surface area contributed by atoms with E-state index in [-0.39, 0.29) is 29.7 Å². The van der Waals surface area contributed by atoms with Crippen molar-refractivity contribution in [3.05, 3.63) is 75.8 Å². The van der Waals surface area contributed by atoms with Gasteiger partial charge in [0.1, 0.15) is 0 Å². The normalized spacial score (nSPS) is 14.2. The van der Waals surface area contributed by atoms with Crippen molar-refractivity contribution in [2.75, 3.05) is 45.2 Å². The summed E-state index contributed by atoms with van der Waals surface area (Å²) in [4.78, 5) is 38.9. The van der Waals surface area contributed by atoms with Gasteiger partial charge in [-0.2, -0.15) is 11.8 Å². The van der Waals surface area contributed by atoms with Crippen LogP contribution in [-0.2, 0) is 16.0 Å². The Hall–Kier alpha value is -4.78. The van der Waals surface area contributed by atoms with Gasteiger partial charge in [0.05, 0.1) is 39.1 Å². The Bertz CT molecular complexity index is 1850. The number of anilines is 1. The van der Waals surface area contributed by atoms with Gasteiger partial charge in [-0.3, -0.25) is 18.8 Å². The van der Waals surface area contributed by atoms with Crippen molar-refractivity contribution in [3.8, 4) is 28.4 Å². The number of nitrogens with one attached hydrogen (secondary N) is 3. The molecule has 2 aromatic heterocycles. The number of fused-ring (bicyclic) bond motifs is 4. The molecular formula is C35H42N6O6S. The SMILES string of the molecule is COc1cc2c(c(OC)c1OC)-c1ccc(NCCCC(=O)N[C@@H](CCSC)c3nnc4ccccn34)c(=O)cc1[C@H](NC(C)=O)CC2. The lowest BCUT2D eigenvalue weighted by atomic mass is 9.95. The maximum Gasteiger partial charge on any atom is 0.220 e. The summed E-state index contributed by atoms with van der Waals surface area (Å²) in [5, 5.41) is 18.0. The zero-order chi connectivity index (χ0) is 34.2. The minimum absolute atomic E-state index is 0.102. The maximum atomic E-state index is 13.6. The Morgan fingerprint density at radius 3 is 2.60 bits per heavy atom. The summed E-state index contributed by atoms with van der Waals surface area (Å²) >= 11 is 1.71. The van der Waals surface area contributed by atoms with Gasteiger partial charge >= 0.3 is 0 Å². The first-order valence-corrected chi connectivity index (χ1v) is 17.3. The predicted molar refractivity (Wildman–Crippen MR) is 187 cm³/mol. The molecule has 0 spiro atoms. The number of benzene rings is 1. The second-order valence-electron chi connectivity index (χ2n) is 11.5. The molecule has 5 rings (SSSR count). The average molecular weight is 675 g/mol. The molecular weight excluding hydrogens is 632 g/mol. The third kappa shape index (κ3) is 7.51. The van der Waals surface area contributed by atoms with Crippen LogP contribution in [0, 0.1) is 0 Å². The molecule has 1 aliphatic carbocycles. The van der Waals surface area contributed by atoms with E-state index in [9.17, 15) is 14.4 Å². The first-order chi connectivity index (χ1) is 23.3. The van der Waals surface area contributed by atoms with Crippen LogP contribution < -0.4 is 35.6 Å². The first-order valence-electron chi connectivity index (χ1n) is 15.9. The molecule has 2 atom stereocenters. The van der Waals surface area contributed by atoms with Crippen molar-refractivity contribution >= 4 is 34.9 Å². The third-order valence-electron chi connectivity index (χ3n) is 8.41. The van der Waals surface area contributed by atoms with E-state index in [1.54, 1.807) is 45.2 Å². The van der Waals surface area contributed by atoms with Gasteiger partial charge in [-0.15, -0.1) is 10.2 Å². The number of aromatic nitrogens is 3. The van der Waals surface area contributed by atoms with Crippen LogP contribution >= 0.6 is 11.8 Å². The molecule has 0 bridgehead atoms. The number of carbonyl (C=O) groups excluding carboxylic acids is 2. The van der Waals surface area contributed by atoms with Gasteiger partial charge in [-0.1, -0.05) is 12.1 Å². The van der Waals surface area contributed by atoms with E-state index in [2.05, 4.69) is 26.1 Å². The van der Waals surface area contributed by atoms with Crippen molar-refractivity contribution in [2.45, 2.75) is 51.1 Å². The highest BCUT2D eigenvalue weighted by molar-refractivity contribution is 7.98. The fourth-order valence-electron chi connectivity index (χ4n) is 6.19. The zero-order valence-electron chi connectivity index (χ0n) is 27.9. The summed E-state index contributed by atoms with van der Waals surface area (Å²) in [7, 11) is 4.69. The van der Waals surface area contributed by atoms with Crippen LogP contribution in [0.2, 0.25) is 0 Å². The topological polar surface area (TPSA) is 145 Å². The van der Waals surface area contributed by atoms with E-state index in [4.69, 9.17) is 14.2 Å². The van der Waals surface area contributed by atoms with E-state index < -0.39 is 6.04 Å². The number of carbonyl (C=O) groups is 2. The van der Waals surface area contributed by atoms with E-state index in [0.29, 0.717) is 60.1 Å². The smallest absolute Gasteiger partial charge is 0.220 e. The Balaban J connectivity index is 1.35. The van der Waals surface area contributed by atoms with Gasteiger partial charge < -0.3 is 30.2 Å². The van der Waals surface area contributed by atoms with E-state index in [1.165, 1.54) is 6.92 Å². The van der Waals surface area contributed by atoms with Crippen LogP contribution in [0.4, 0.5) is 5.69 Å². The number of ether oxygens (including phenoxy) is 3. The Morgan fingerprint density at radius 2 is 1.88 bits per heavy atom. The Labute approximate surface area is 284 Å². The number of hydrogen-bond acceptors (Lipinski definition) is 10. The first kappa shape index (κ1) is 34.6. The molecule has 1 aliphatic rings. The summed E-state index contributed by atoms with van der Waals surface area (Å²) < 4.78 is 19.0. The summed E-state index contributed by atoms with van der Waals surface area (Å²) in [6.45, 7) is 1.87. The molecule has 3 N–H and O–H groups in total. The number of amides is 2. The van der Waals surface area contributed by atoms with Gasteiger partial charge in [0.25, 0.3) is 0 Å². The quantitative estimate of drug-likeness (QED) is 0.161. The standard InChI is InChI=1S/C35H42N6O6S/c1-21(42)37-25-13-11-22-19-29(45-2)33(46-3)34(47-4)32(22)23-12-14-26(28(43)20-24(23)25)36-16-8-10-31(44)38-27(15-18-48-5)35-40-39-30-9-6-7-17-41(30)35/h6-7,9,12,14,17,19-20,25,27H,8,10-11,13,15-16,18H2,1-5H3,(H,36,43)(H,37,42)(H,38,44)/t25-,27+/m1/s1. The Kier molecular flexibility index (Phi) is 11.4. The Morgan fingerprint density at radius 1 is 1.06 bits per heavy atom. The number of thioether (sulfide) groups is 1. The molecule has 0 unspecified atom stereocenters. The van der Waals surface area contributed by atoms with E-state index >= 15 is 0 Å². The molecule has 0 saturated heterocycles. The fourth-order valence-corrected chi connectivity index (χ4v) is 6.66. The van der Waals surface area contributed by atoms with Gasteiger partial charge in [0.2, 0.25) is 23.0 Å². The van der Waals surface area contributed by atoms with Gasteiger partial charge in [0, 0.05) is 31.6 Å². The molecule has 4 aromatic rings. The maximum absolute atomic E-state index is 13.6. The van der Waals surface area contributed by atoms with E-state index in [1.807, 2.05) is 47.2 Å². The lowest BCUT2D eigenvalue weighted by Gasteiger charge is -2.19. The monoisotopic (exact) mass is 674 g/mol. The summed E-state index contributed by atoms with van der Waals surface area (Å²) in [5.41, 5.74) is 4.06. The third-order valence-corrected chi connectivity index (χ3v) is 9.05. The number of pyridine rings is 1. The molecule has 48 heavy (non-hydrogen) atoms.